The fourth-order valence-electron chi connectivity index (χ4n) is 4.37. The Morgan fingerprint density at radius 2 is 1.68 bits per heavy atom. The molecule has 2 aromatic heterocycles. The fraction of sp³-hybridized carbons (Fsp3) is 0.250. The van der Waals surface area contributed by atoms with Gasteiger partial charge in [-0.25, -0.2) is 4.79 Å². The van der Waals surface area contributed by atoms with E-state index in [1.807, 2.05) is 73.1 Å². The van der Waals surface area contributed by atoms with Gasteiger partial charge in [-0.1, -0.05) is 24.3 Å². The van der Waals surface area contributed by atoms with Gasteiger partial charge in [0, 0.05) is 20.3 Å². The molecule has 0 saturated heterocycles. The SMILES string of the molecule is CC(C)Oc1ccc(C2Nc3ccccc3-n3cc4c(=O)n(C)c(=O)n(C)c4c32)cc1. The maximum Gasteiger partial charge on any atom is 0.331 e. The standard InChI is InChI=1S/C24H24N4O3/c1-14(2)31-16-11-9-15(10-12-16)20-22-21-17(23(29)27(4)24(30)26(21)3)13-28(22)19-8-6-5-7-18(19)25-20/h5-14,20,25H,1-4H3. The van der Waals surface area contributed by atoms with Crippen molar-refractivity contribution in [2.45, 2.75) is 26.0 Å². The predicted octanol–water partition coefficient (Wildman–Crippen LogP) is 3.33. The number of aryl methyl sites for hydroxylation is 1. The van der Waals surface area contributed by atoms with Crippen LogP contribution in [0.25, 0.3) is 16.6 Å². The van der Waals surface area contributed by atoms with Gasteiger partial charge in [-0.15, -0.1) is 0 Å². The van der Waals surface area contributed by atoms with Crippen LogP contribution in [-0.4, -0.2) is 19.8 Å². The van der Waals surface area contributed by atoms with Gasteiger partial charge < -0.3 is 14.6 Å². The summed E-state index contributed by atoms with van der Waals surface area (Å²) in [6.45, 7) is 3.99. The molecular formula is C24H24N4O3. The molecule has 31 heavy (non-hydrogen) atoms. The summed E-state index contributed by atoms with van der Waals surface area (Å²) in [7, 11) is 3.22. The summed E-state index contributed by atoms with van der Waals surface area (Å²) in [5.41, 5.74) is 3.79. The van der Waals surface area contributed by atoms with E-state index in [2.05, 4.69) is 5.32 Å². The Morgan fingerprint density at radius 3 is 2.39 bits per heavy atom. The number of para-hydroxylation sites is 2. The van der Waals surface area contributed by atoms with Crippen molar-refractivity contribution in [1.29, 1.82) is 0 Å². The van der Waals surface area contributed by atoms with E-state index >= 15 is 0 Å². The molecule has 5 rings (SSSR count). The molecule has 1 aliphatic heterocycles. The van der Waals surface area contributed by atoms with Crippen LogP contribution in [-0.2, 0) is 14.1 Å². The van der Waals surface area contributed by atoms with Crippen LogP contribution in [0.5, 0.6) is 5.75 Å². The van der Waals surface area contributed by atoms with Crippen LogP contribution in [0.4, 0.5) is 5.69 Å². The second-order valence-electron chi connectivity index (χ2n) is 8.18. The molecular weight excluding hydrogens is 392 g/mol. The Morgan fingerprint density at radius 1 is 0.968 bits per heavy atom. The van der Waals surface area contributed by atoms with Crippen molar-refractivity contribution in [2.24, 2.45) is 14.1 Å². The number of fused-ring (bicyclic) bond motifs is 5. The van der Waals surface area contributed by atoms with E-state index in [0.29, 0.717) is 10.9 Å². The average Bonchev–Trinajstić information content (AvgIpc) is 3.17. The zero-order chi connectivity index (χ0) is 21.9. The first-order valence-electron chi connectivity index (χ1n) is 10.3. The first-order chi connectivity index (χ1) is 14.9. The van der Waals surface area contributed by atoms with Crippen molar-refractivity contribution in [3.63, 3.8) is 0 Å². The predicted molar refractivity (Wildman–Crippen MR) is 121 cm³/mol. The van der Waals surface area contributed by atoms with Gasteiger partial charge in [0.15, 0.2) is 0 Å². The highest BCUT2D eigenvalue weighted by atomic mass is 16.5. The summed E-state index contributed by atoms with van der Waals surface area (Å²) < 4.78 is 10.5. The summed E-state index contributed by atoms with van der Waals surface area (Å²) >= 11 is 0. The minimum atomic E-state index is -0.343. The summed E-state index contributed by atoms with van der Waals surface area (Å²) in [4.78, 5) is 25.6. The van der Waals surface area contributed by atoms with Crippen LogP contribution in [0.15, 0.2) is 64.3 Å². The average molecular weight is 416 g/mol. The van der Waals surface area contributed by atoms with E-state index in [4.69, 9.17) is 4.74 Å². The van der Waals surface area contributed by atoms with Crippen molar-refractivity contribution in [2.75, 3.05) is 5.32 Å². The molecule has 0 amide bonds. The summed E-state index contributed by atoms with van der Waals surface area (Å²) in [6, 6.07) is 15.7. The number of aromatic nitrogens is 3. The number of ether oxygens (including phenoxy) is 1. The summed E-state index contributed by atoms with van der Waals surface area (Å²) in [6.07, 6.45) is 1.94. The zero-order valence-corrected chi connectivity index (χ0v) is 17.9. The van der Waals surface area contributed by atoms with Gasteiger partial charge in [0.25, 0.3) is 5.56 Å². The van der Waals surface area contributed by atoms with Gasteiger partial charge in [0.2, 0.25) is 0 Å². The molecule has 0 aliphatic carbocycles. The van der Waals surface area contributed by atoms with E-state index in [-0.39, 0.29) is 23.4 Å². The van der Waals surface area contributed by atoms with Crippen LogP contribution < -0.4 is 21.3 Å². The maximum absolute atomic E-state index is 12.9. The van der Waals surface area contributed by atoms with E-state index < -0.39 is 0 Å². The third-order valence-corrected chi connectivity index (χ3v) is 5.78. The normalized spacial score (nSPS) is 14.9. The molecule has 2 aromatic carbocycles. The lowest BCUT2D eigenvalue weighted by Gasteiger charge is -2.30. The zero-order valence-electron chi connectivity index (χ0n) is 17.9. The van der Waals surface area contributed by atoms with Gasteiger partial charge in [0.1, 0.15) is 5.75 Å². The lowest BCUT2D eigenvalue weighted by Crippen LogP contribution is -2.37. The first-order valence-corrected chi connectivity index (χ1v) is 10.3. The molecule has 1 atom stereocenters. The largest absolute Gasteiger partial charge is 0.491 e. The number of anilines is 1. The molecule has 1 unspecified atom stereocenters. The van der Waals surface area contributed by atoms with Crippen LogP contribution in [0.1, 0.15) is 31.1 Å². The summed E-state index contributed by atoms with van der Waals surface area (Å²) in [5, 5.41) is 4.12. The van der Waals surface area contributed by atoms with Crippen LogP contribution in [0.2, 0.25) is 0 Å². The highest BCUT2D eigenvalue weighted by Gasteiger charge is 2.30. The third-order valence-electron chi connectivity index (χ3n) is 5.78. The van der Waals surface area contributed by atoms with Crippen LogP contribution >= 0.6 is 0 Å². The van der Waals surface area contributed by atoms with E-state index in [1.54, 1.807) is 11.6 Å². The molecule has 7 heteroatoms. The highest BCUT2D eigenvalue weighted by Crippen LogP contribution is 2.40. The lowest BCUT2D eigenvalue weighted by molar-refractivity contribution is 0.242. The number of nitrogens with zero attached hydrogens (tertiary/aromatic N) is 3. The molecule has 1 aliphatic rings. The number of nitrogens with one attached hydrogen (secondary N) is 1. The monoisotopic (exact) mass is 416 g/mol. The second-order valence-corrected chi connectivity index (χ2v) is 8.18. The molecule has 0 saturated carbocycles. The van der Waals surface area contributed by atoms with Crippen LogP contribution in [0.3, 0.4) is 0 Å². The molecule has 0 fully saturated rings. The van der Waals surface area contributed by atoms with Crippen LogP contribution in [0, 0.1) is 0 Å². The van der Waals surface area contributed by atoms with E-state index in [1.165, 1.54) is 7.05 Å². The van der Waals surface area contributed by atoms with Gasteiger partial charge >= 0.3 is 5.69 Å². The maximum atomic E-state index is 12.9. The Bertz CT molecular complexity index is 1420. The first kappa shape index (κ1) is 19.2. The Labute approximate surface area is 179 Å². The number of hydrogen-bond donors (Lipinski definition) is 1. The van der Waals surface area contributed by atoms with Crippen molar-refractivity contribution in [1.82, 2.24) is 13.7 Å². The number of hydrogen-bond acceptors (Lipinski definition) is 4. The quantitative estimate of drug-likeness (QED) is 0.556. The van der Waals surface area contributed by atoms with Crippen molar-refractivity contribution in [3.8, 4) is 11.4 Å². The molecule has 0 spiro atoms. The highest BCUT2D eigenvalue weighted by molar-refractivity contribution is 5.86. The van der Waals surface area contributed by atoms with Gasteiger partial charge in [-0.2, -0.15) is 0 Å². The smallest absolute Gasteiger partial charge is 0.331 e. The number of benzene rings is 2. The fourth-order valence-corrected chi connectivity index (χ4v) is 4.37. The molecule has 7 nitrogen and oxygen atoms in total. The van der Waals surface area contributed by atoms with Gasteiger partial charge in [0.05, 0.1) is 40.1 Å². The summed E-state index contributed by atoms with van der Waals surface area (Å²) in [5.74, 6) is 0.802. The molecule has 1 N–H and O–H groups in total. The van der Waals surface area contributed by atoms with Gasteiger partial charge in [-0.05, 0) is 43.7 Å². The minimum absolute atomic E-state index is 0.0949. The number of rotatable bonds is 3. The molecule has 3 heterocycles. The Balaban J connectivity index is 1.79. The van der Waals surface area contributed by atoms with Crippen molar-refractivity contribution >= 4 is 16.6 Å². The molecule has 158 valence electrons. The van der Waals surface area contributed by atoms with E-state index in [9.17, 15) is 9.59 Å². The van der Waals surface area contributed by atoms with Crippen molar-refractivity contribution in [3.05, 3.63) is 86.8 Å². The third kappa shape index (κ3) is 2.88. The van der Waals surface area contributed by atoms with Crippen molar-refractivity contribution < 1.29 is 4.74 Å². The van der Waals surface area contributed by atoms with Gasteiger partial charge in [-0.3, -0.25) is 13.9 Å². The lowest BCUT2D eigenvalue weighted by atomic mass is 9.99. The minimum Gasteiger partial charge on any atom is -0.491 e. The topological polar surface area (TPSA) is 70.2 Å². The molecule has 0 radical (unpaired) electrons. The second kappa shape index (κ2) is 6.91. The Kier molecular flexibility index (Phi) is 4.28. The molecule has 0 bridgehead atoms. The Hall–Kier alpha value is -3.74. The molecule has 4 aromatic rings. The van der Waals surface area contributed by atoms with E-state index in [0.717, 1.165) is 32.9 Å².